The second-order valence-corrected chi connectivity index (χ2v) is 10.9. The standard InChI is InChI=1S/C29H46N4O6/c1-6-8-14-32(15-9-13-30(4)5)27(35)19-33-18-23(22-10-11-25-26(17-22)39-20-38-25)28(29(36)37)24(33)12-16-31(7-2)21(3)34/h10-11,17,23-24,28H,6-9,12-16,18-20H2,1-5H3,(H,36,37). The molecule has 1 aromatic rings. The van der Waals surface area contributed by atoms with Crippen LogP contribution in [0.4, 0.5) is 0 Å². The van der Waals surface area contributed by atoms with Crippen LogP contribution in [0.25, 0.3) is 0 Å². The first-order valence-corrected chi connectivity index (χ1v) is 14.2. The van der Waals surface area contributed by atoms with Crippen LogP contribution in [0, 0.1) is 5.92 Å². The van der Waals surface area contributed by atoms with Crippen molar-refractivity contribution < 1.29 is 29.0 Å². The van der Waals surface area contributed by atoms with E-state index in [2.05, 4.69) is 11.8 Å². The first-order chi connectivity index (χ1) is 18.7. The number of carbonyl (C=O) groups excluding carboxylic acids is 2. The van der Waals surface area contributed by atoms with Gasteiger partial charge in [-0.15, -0.1) is 0 Å². The molecule has 2 amide bonds. The Bertz CT molecular complexity index is 987. The smallest absolute Gasteiger partial charge is 0.308 e. The third kappa shape index (κ3) is 8.08. The summed E-state index contributed by atoms with van der Waals surface area (Å²) in [4.78, 5) is 46.2. The van der Waals surface area contributed by atoms with E-state index in [0.717, 1.165) is 31.4 Å². The van der Waals surface area contributed by atoms with Gasteiger partial charge in [0.1, 0.15) is 0 Å². The van der Waals surface area contributed by atoms with Gasteiger partial charge in [0.25, 0.3) is 0 Å². The van der Waals surface area contributed by atoms with E-state index >= 15 is 0 Å². The number of rotatable bonds is 15. The van der Waals surface area contributed by atoms with Crippen molar-refractivity contribution in [1.29, 1.82) is 0 Å². The number of hydrogen-bond donors (Lipinski definition) is 1. The predicted molar refractivity (Wildman–Crippen MR) is 149 cm³/mol. The highest BCUT2D eigenvalue weighted by molar-refractivity contribution is 5.79. The summed E-state index contributed by atoms with van der Waals surface area (Å²) in [6.45, 7) is 9.58. The highest BCUT2D eigenvalue weighted by Gasteiger charge is 2.47. The Labute approximate surface area is 232 Å². The molecule has 0 aromatic heterocycles. The number of carboxylic acid groups (broad SMARTS) is 1. The molecule has 1 fully saturated rings. The lowest BCUT2D eigenvalue weighted by Crippen LogP contribution is -2.46. The molecule has 2 aliphatic heterocycles. The summed E-state index contributed by atoms with van der Waals surface area (Å²) < 4.78 is 11.0. The molecule has 218 valence electrons. The second kappa shape index (κ2) is 14.5. The topological polar surface area (TPSA) is 103 Å². The minimum atomic E-state index is -0.891. The number of aliphatic carboxylic acids is 1. The molecule has 0 aliphatic carbocycles. The zero-order valence-electron chi connectivity index (χ0n) is 24.2. The summed E-state index contributed by atoms with van der Waals surface area (Å²) in [6.07, 6.45) is 3.29. The van der Waals surface area contributed by atoms with Crippen LogP contribution in [0.5, 0.6) is 11.5 Å². The Balaban J connectivity index is 1.86. The van der Waals surface area contributed by atoms with Gasteiger partial charge in [-0.3, -0.25) is 19.3 Å². The summed E-state index contributed by atoms with van der Waals surface area (Å²) in [5, 5.41) is 10.4. The molecule has 0 saturated carbocycles. The number of hydrogen-bond acceptors (Lipinski definition) is 7. The lowest BCUT2D eigenvalue weighted by molar-refractivity contribution is -0.144. The van der Waals surface area contributed by atoms with Crippen molar-refractivity contribution in [3.05, 3.63) is 23.8 Å². The van der Waals surface area contributed by atoms with Crippen LogP contribution >= 0.6 is 0 Å². The molecule has 3 atom stereocenters. The molecular formula is C29H46N4O6. The van der Waals surface area contributed by atoms with E-state index in [1.165, 1.54) is 6.92 Å². The fraction of sp³-hybridized carbons (Fsp3) is 0.690. The molecule has 3 unspecified atom stereocenters. The number of fused-ring (bicyclic) bond motifs is 1. The maximum Gasteiger partial charge on any atom is 0.308 e. The molecule has 0 radical (unpaired) electrons. The Hall–Kier alpha value is -2.85. The summed E-state index contributed by atoms with van der Waals surface area (Å²) in [6, 6.07) is 5.21. The normalized spacial score (nSPS) is 20.4. The largest absolute Gasteiger partial charge is 0.481 e. The Morgan fingerprint density at radius 2 is 1.72 bits per heavy atom. The molecule has 10 heteroatoms. The lowest BCUT2D eigenvalue weighted by atomic mass is 9.84. The molecule has 1 aromatic carbocycles. The van der Waals surface area contributed by atoms with Crippen molar-refractivity contribution in [1.82, 2.24) is 19.6 Å². The van der Waals surface area contributed by atoms with Crippen LogP contribution < -0.4 is 9.47 Å². The van der Waals surface area contributed by atoms with E-state index in [0.29, 0.717) is 50.6 Å². The zero-order valence-corrected chi connectivity index (χ0v) is 24.2. The number of unbranched alkanes of at least 4 members (excludes halogenated alkanes) is 1. The van der Waals surface area contributed by atoms with E-state index in [1.807, 2.05) is 49.0 Å². The highest BCUT2D eigenvalue weighted by atomic mass is 16.7. The first kappa shape index (κ1) is 30.7. The third-order valence-electron chi connectivity index (χ3n) is 7.89. The number of nitrogens with zero attached hydrogens (tertiary/aromatic N) is 4. The SMILES string of the molecule is CCCCN(CCCN(C)C)C(=O)CN1CC(c2ccc3c(c2)OCO3)C(C(=O)O)C1CCN(CC)C(C)=O. The summed E-state index contributed by atoms with van der Waals surface area (Å²) in [7, 11) is 4.05. The van der Waals surface area contributed by atoms with Gasteiger partial charge >= 0.3 is 5.97 Å². The van der Waals surface area contributed by atoms with Gasteiger partial charge in [0.15, 0.2) is 11.5 Å². The van der Waals surface area contributed by atoms with Gasteiger partial charge in [-0.1, -0.05) is 19.4 Å². The average molecular weight is 547 g/mol. The van der Waals surface area contributed by atoms with Gasteiger partial charge < -0.3 is 29.3 Å². The molecule has 2 aliphatic rings. The van der Waals surface area contributed by atoms with Crippen molar-refractivity contribution >= 4 is 17.8 Å². The van der Waals surface area contributed by atoms with E-state index in [1.54, 1.807) is 4.90 Å². The van der Waals surface area contributed by atoms with Gasteiger partial charge in [0.2, 0.25) is 18.6 Å². The molecular weight excluding hydrogens is 500 g/mol. The number of ether oxygens (including phenoxy) is 2. The molecule has 2 heterocycles. The fourth-order valence-electron chi connectivity index (χ4n) is 5.72. The summed E-state index contributed by atoms with van der Waals surface area (Å²) in [5.74, 6) is -0.677. The van der Waals surface area contributed by atoms with Gasteiger partial charge in [-0.2, -0.15) is 0 Å². The Morgan fingerprint density at radius 3 is 2.36 bits per heavy atom. The Kier molecular flexibility index (Phi) is 11.4. The minimum Gasteiger partial charge on any atom is -0.481 e. The van der Waals surface area contributed by atoms with E-state index in [9.17, 15) is 19.5 Å². The van der Waals surface area contributed by atoms with Crippen molar-refractivity contribution in [2.45, 2.75) is 58.4 Å². The highest BCUT2D eigenvalue weighted by Crippen LogP contribution is 2.42. The Morgan fingerprint density at radius 1 is 1.00 bits per heavy atom. The van der Waals surface area contributed by atoms with Crippen molar-refractivity contribution in [3.8, 4) is 11.5 Å². The molecule has 10 nitrogen and oxygen atoms in total. The van der Waals surface area contributed by atoms with Crippen LogP contribution in [0.1, 0.15) is 57.9 Å². The fourth-order valence-corrected chi connectivity index (χ4v) is 5.72. The van der Waals surface area contributed by atoms with Crippen LogP contribution in [-0.2, 0) is 14.4 Å². The van der Waals surface area contributed by atoms with Crippen molar-refractivity contribution in [2.75, 3.05) is 66.7 Å². The van der Waals surface area contributed by atoms with Gasteiger partial charge in [-0.25, -0.2) is 0 Å². The number of carbonyl (C=O) groups is 3. The summed E-state index contributed by atoms with van der Waals surface area (Å²) >= 11 is 0. The maximum absolute atomic E-state index is 13.6. The second-order valence-electron chi connectivity index (χ2n) is 10.9. The van der Waals surface area contributed by atoms with Gasteiger partial charge in [0.05, 0.1) is 12.5 Å². The number of likely N-dealkylation sites (tertiary alicyclic amines) is 1. The van der Waals surface area contributed by atoms with E-state index in [4.69, 9.17) is 9.47 Å². The molecule has 0 bridgehead atoms. The molecule has 1 N–H and O–H groups in total. The predicted octanol–water partition coefficient (Wildman–Crippen LogP) is 2.72. The van der Waals surface area contributed by atoms with Crippen LogP contribution in [0.3, 0.4) is 0 Å². The summed E-state index contributed by atoms with van der Waals surface area (Å²) in [5.41, 5.74) is 0.860. The molecule has 1 saturated heterocycles. The van der Waals surface area contributed by atoms with Crippen molar-refractivity contribution in [2.24, 2.45) is 5.92 Å². The minimum absolute atomic E-state index is 0.0293. The van der Waals surface area contributed by atoms with E-state index < -0.39 is 11.9 Å². The van der Waals surface area contributed by atoms with Crippen LogP contribution in [0.2, 0.25) is 0 Å². The number of amides is 2. The van der Waals surface area contributed by atoms with Gasteiger partial charge in [0, 0.05) is 51.6 Å². The third-order valence-corrected chi connectivity index (χ3v) is 7.89. The lowest BCUT2D eigenvalue weighted by Gasteiger charge is -2.31. The monoisotopic (exact) mass is 546 g/mol. The van der Waals surface area contributed by atoms with Crippen LogP contribution in [0.15, 0.2) is 18.2 Å². The number of benzene rings is 1. The first-order valence-electron chi connectivity index (χ1n) is 14.2. The van der Waals surface area contributed by atoms with Gasteiger partial charge in [-0.05, 0) is 64.5 Å². The van der Waals surface area contributed by atoms with Crippen molar-refractivity contribution in [3.63, 3.8) is 0 Å². The molecule has 3 rings (SSSR count). The average Bonchev–Trinajstić information content (AvgIpc) is 3.50. The number of carboxylic acids is 1. The molecule has 39 heavy (non-hydrogen) atoms. The molecule has 0 spiro atoms. The zero-order chi connectivity index (χ0) is 28.5. The van der Waals surface area contributed by atoms with E-state index in [-0.39, 0.29) is 37.1 Å². The van der Waals surface area contributed by atoms with Crippen LogP contribution in [-0.4, -0.2) is 115 Å². The quantitative estimate of drug-likeness (QED) is 0.358. The maximum atomic E-state index is 13.6.